The van der Waals surface area contributed by atoms with E-state index in [9.17, 15) is 0 Å². The van der Waals surface area contributed by atoms with Crippen molar-refractivity contribution in [1.82, 2.24) is 0 Å². The van der Waals surface area contributed by atoms with Crippen molar-refractivity contribution in [1.29, 1.82) is 0 Å². The van der Waals surface area contributed by atoms with Gasteiger partial charge in [0.1, 0.15) is 17.2 Å². The van der Waals surface area contributed by atoms with Gasteiger partial charge in [-0.1, -0.05) is 17.7 Å². The summed E-state index contributed by atoms with van der Waals surface area (Å²) >= 11 is 0. The number of rotatable bonds is 4. The molecular weight excluding hydrogens is 252 g/mol. The van der Waals surface area contributed by atoms with Crippen LogP contribution in [0.5, 0.6) is 11.5 Å². The third-order valence-corrected chi connectivity index (χ3v) is 3.00. The highest BCUT2D eigenvalue weighted by molar-refractivity contribution is 5.58. The maximum atomic E-state index is 5.32. The first kappa shape index (κ1) is 14.1. The molecule has 0 fully saturated rings. The van der Waals surface area contributed by atoms with E-state index < -0.39 is 0 Å². The molecule has 2 rings (SSSR count). The normalized spacial score (nSPS) is 10.8. The van der Waals surface area contributed by atoms with Gasteiger partial charge in [0.15, 0.2) is 0 Å². The monoisotopic (exact) mass is 270 g/mol. The smallest absolute Gasteiger partial charge is 0.146 e. The Morgan fingerprint density at radius 1 is 0.800 bits per heavy atom. The predicted molar refractivity (Wildman–Crippen MR) is 79.6 cm³/mol. The summed E-state index contributed by atoms with van der Waals surface area (Å²) in [4.78, 5) is 0. The Morgan fingerprint density at radius 3 is 2.05 bits per heavy atom. The van der Waals surface area contributed by atoms with Crippen LogP contribution in [0.4, 0.5) is 11.4 Å². The highest BCUT2D eigenvalue weighted by atomic mass is 16.5. The molecule has 4 heteroatoms. The number of azo groups is 1. The third kappa shape index (κ3) is 3.15. The second-order valence-corrected chi connectivity index (χ2v) is 4.53. The quantitative estimate of drug-likeness (QED) is 0.753. The highest BCUT2D eigenvalue weighted by Crippen LogP contribution is 2.35. The zero-order valence-corrected chi connectivity index (χ0v) is 12.2. The van der Waals surface area contributed by atoms with Crippen molar-refractivity contribution < 1.29 is 9.47 Å². The molecule has 0 radical (unpaired) electrons. The molecular formula is C16H18N2O2. The molecule has 20 heavy (non-hydrogen) atoms. The summed E-state index contributed by atoms with van der Waals surface area (Å²) < 4.78 is 10.6. The van der Waals surface area contributed by atoms with E-state index in [2.05, 4.69) is 10.2 Å². The van der Waals surface area contributed by atoms with Crippen molar-refractivity contribution in [3.63, 3.8) is 0 Å². The molecule has 0 aliphatic heterocycles. The molecule has 0 saturated carbocycles. The second kappa shape index (κ2) is 6.19. The minimum Gasteiger partial charge on any atom is -0.496 e. The van der Waals surface area contributed by atoms with Crippen LogP contribution in [0.1, 0.15) is 11.1 Å². The minimum atomic E-state index is 0.649. The predicted octanol–water partition coefficient (Wildman–Crippen LogP) is 4.74. The molecule has 104 valence electrons. The number of hydrogen-bond acceptors (Lipinski definition) is 4. The SMILES string of the molecule is COc1cc(N=Nc2ccc(C)cc2)c(OC)cc1C. The minimum absolute atomic E-state index is 0.649. The van der Waals surface area contributed by atoms with E-state index in [1.165, 1.54) is 5.56 Å². The second-order valence-electron chi connectivity index (χ2n) is 4.53. The van der Waals surface area contributed by atoms with Crippen LogP contribution in [-0.4, -0.2) is 14.2 Å². The number of aryl methyl sites for hydroxylation is 2. The van der Waals surface area contributed by atoms with E-state index in [1.54, 1.807) is 14.2 Å². The number of hydrogen-bond donors (Lipinski definition) is 0. The molecule has 0 spiro atoms. The zero-order chi connectivity index (χ0) is 14.5. The van der Waals surface area contributed by atoms with Gasteiger partial charge < -0.3 is 9.47 Å². The van der Waals surface area contributed by atoms with Crippen molar-refractivity contribution >= 4 is 11.4 Å². The lowest BCUT2D eigenvalue weighted by molar-refractivity contribution is 0.401. The van der Waals surface area contributed by atoms with Crippen molar-refractivity contribution in [3.8, 4) is 11.5 Å². The summed E-state index contributed by atoms with van der Waals surface area (Å²) in [6.07, 6.45) is 0. The topological polar surface area (TPSA) is 43.2 Å². The third-order valence-electron chi connectivity index (χ3n) is 3.00. The highest BCUT2D eigenvalue weighted by Gasteiger charge is 2.08. The van der Waals surface area contributed by atoms with Crippen LogP contribution in [0, 0.1) is 13.8 Å². The lowest BCUT2D eigenvalue weighted by Crippen LogP contribution is -1.90. The van der Waals surface area contributed by atoms with Crippen LogP contribution in [0.2, 0.25) is 0 Å². The van der Waals surface area contributed by atoms with Gasteiger partial charge in [0.25, 0.3) is 0 Å². The van der Waals surface area contributed by atoms with Crippen LogP contribution < -0.4 is 9.47 Å². The van der Waals surface area contributed by atoms with Crippen LogP contribution in [0.25, 0.3) is 0 Å². The molecule has 0 atom stereocenters. The molecule has 0 saturated heterocycles. The van der Waals surface area contributed by atoms with Gasteiger partial charge in [-0.15, -0.1) is 5.11 Å². The molecule has 0 aliphatic carbocycles. The van der Waals surface area contributed by atoms with E-state index in [0.29, 0.717) is 11.4 Å². The van der Waals surface area contributed by atoms with Gasteiger partial charge in [-0.2, -0.15) is 5.11 Å². The summed E-state index contributed by atoms with van der Waals surface area (Å²) in [6, 6.07) is 11.6. The van der Waals surface area contributed by atoms with Crippen molar-refractivity contribution in [3.05, 3.63) is 47.5 Å². The van der Waals surface area contributed by atoms with E-state index in [-0.39, 0.29) is 0 Å². The molecule has 0 N–H and O–H groups in total. The Balaban J connectivity index is 2.34. The zero-order valence-electron chi connectivity index (χ0n) is 12.2. The van der Waals surface area contributed by atoms with Crippen molar-refractivity contribution in [2.24, 2.45) is 10.2 Å². The van der Waals surface area contributed by atoms with Crippen molar-refractivity contribution in [2.45, 2.75) is 13.8 Å². The largest absolute Gasteiger partial charge is 0.496 e. The van der Waals surface area contributed by atoms with Gasteiger partial charge in [-0.25, -0.2) is 0 Å². The number of benzene rings is 2. The number of methoxy groups -OCH3 is 2. The van der Waals surface area contributed by atoms with E-state index in [4.69, 9.17) is 9.47 Å². The summed E-state index contributed by atoms with van der Waals surface area (Å²) in [7, 11) is 3.25. The fourth-order valence-electron chi connectivity index (χ4n) is 1.84. The van der Waals surface area contributed by atoms with Gasteiger partial charge in [0.05, 0.1) is 19.9 Å². The van der Waals surface area contributed by atoms with Crippen LogP contribution in [0.3, 0.4) is 0 Å². The standard InChI is InChI=1S/C16H18N2O2/c1-11-5-7-13(8-6-11)17-18-14-10-15(19-3)12(2)9-16(14)20-4/h5-10H,1-4H3. The Morgan fingerprint density at radius 2 is 1.45 bits per heavy atom. The van der Waals surface area contributed by atoms with Gasteiger partial charge in [-0.05, 0) is 37.6 Å². The Labute approximate surface area is 119 Å². The molecule has 2 aromatic rings. The Hall–Kier alpha value is -2.36. The van der Waals surface area contributed by atoms with Crippen LogP contribution in [-0.2, 0) is 0 Å². The first-order valence-corrected chi connectivity index (χ1v) is 6.35. The fourth-order valence-corrected chi connectivity index (χ4v) is 1.84. The molecule has 0 heterocycles. The van der Waals surface area contributed by atoms with Gasteiger partial charge in [0, 0.05) is 6.07 Å². The number of nitrogens with zero attached hydrogens (tertiary/aromatic N) is 2. The Kier molecular flexibility index (Phi) is 4.35. The molecule has 4 nitrogen and oxygen atoms in total. The lowest BCUT2D eigenvalue weighted by atomic mass is 10.2. The molecule has 0 aliphatic rings. The van der Waals surface area contributed by atoms with Crippen LogP contribution in [0.15, 0.2) is 46.6 Å². The summed E-state index contributed by atoms with van der Waals surface area (Å²) in [5, 5.41) is 8.47. The maximum Gasteiger partial charge on any atom is 0.146 e. The molecule has 0 unspecified atom stereocenters. The Bertz CT molecular complexity index is 619. The molecule has 0 aromatic heterocycles. The fraction of sp³-hybridized carbons (Fsp3) is 0.250. The van der Waals surface area contributed by atoms with Crippen molar-refractivity contribution in [2.75, 3.05) is 14.2 Å². The van der Waals surface area contributed by atoms with E-state index in [1.807, 2.05) is 50.2 Å². The van der Waals surface area contributed by atoms with Gasteiger partial charge in [0.2, 0.25) is 0 Å². The van der Waals surface area contributed by atoms with Gasteiger partial charge in [-0.3, -0.25) is 0 Å². The van der Waals surface area contributed by atoms with E-state index >= 15 is 0 Å². The first-order chi connectivity index (χ1) is 9.63. The van der Waals surface area contributed by atoms with Crippen LogP contribution >= 0.6 is 0 Å². The first-order valence-electron chi connectivity index (χ1n) is 6.35. The lowest BCUT2D eigenvalue weighted by Gasteiger charge is -2.09. The van der Waals surface area contributed by atoms with Gasteiger partial charge >= 0.3 is 0 Å². The molecule has 0 amide bonds. The average molecular weight is 270 g/mol. The average Bonchev–Trinajstić information content (AvgIpc) is 2.47. The maximum absolute atomic E-state index is 5.32. The van der Waals surface area contributed by atoms with E-state index in [0.717, 1.165) is 17.0 Å². The number of ether oxygens (including phenoxy) is 2. The summed E-state index contributed by atoms with van der Waals surface area (Å²) in [5.41, 5.74) is 3.64. The molecule has 0 bridgehead atoms. The summed E-state index contributed by atoms with van der Waals surface area (Å²) in [6.45, 7) is 4.00. The summed E-state index contributed by atoms with van der Waals surface area (Å²) in [5.74, 6) is 1.45. The molecule has 2 aromatic carbocycles.